The van der Waals surface area contributed by atoms with Gasteiger partial charge in [-0.3, -0.25) is 0 Å². The quantitative estimate of drug-likeness (QED) is 0.900. The lowest BCUT2D eigenvalue weighted by molar-refractivity contribution is 0.265. The lowest BCUT2D eigenvalue weighted by Crippen LogP contribution is -2.07. The Labute approximate surface area is 114 Å². The van der Waals surface area contributed by atoms with Gasteiger partial charge in [-0.2, -0.15) is 0 Å². The van der Waals surface area contributed by atoms with Crippen LogP contribution in [0.15, 0.2) is 40.2 Å². The molecule has 0 saturated heterocycles. The van der Waals surface area contributed by atoms with Gasteiger partial charge in [-0.15, -0.1) is 11.3 Å². The van der Waals surface area contributed by atoms with E-state index < -0.39 is 0 Å². The number of thiophene rings is 1. The highest BCUT2D eigenvalue weighted by Gasteiger charge is 2.13. The topological polar surface area (TPSA) is 20.2 Å². The van der Waals surface area contributed by atoms with E-state index in [0.717, 1.165) is 10.9 Å². The average Bonchev–Trinajstić information content (AvgIpc) is 2.73. The summed E-state index contributed by atoms with van der Waals surface area (Å²) >= 11 is 5.27. The zero-order valence-corrected chi connectivity index (χ0v) is 12.1. The maximum absolute atomic E-state index is 9.53. The number of aryl methyl sites for hydroxylation is 1. The van der Waals surface area contributed by atoms with Crippen molar-refractivity contribution in [3.63, 3.8) is 0 Å². The molecule has 1 heterocycles. The van der Waals surface area contributed by atoms with E-state index in [9.17, 15) is 5.11 Å². The Balaban J connectivity index is 2.17. The molecule has 0 fully saturated rings. The van der Waals surface area contributed by atoms with Crippen LogP contribution in [-0.2, 0) is 6.42 Å². The first kappa shape index (κ1) is 12.8. The first-order valence-corrected chi connectivity index (χ1v) is 7.27. The number of hydrogen-bond donors (Lipinski definition) is 1. The number of halogens is 1. The average molecular weight is 311 g/mol. The number of aliphatic hydroxyl groups is 1. The van der Waals surface area contributed by atoms with Crippen LogP contribution in [0.5, 0.6) is 0 Å². The van der Waals surface area contributed by atoms with E-state index in [-0.39, 0.29) is 12.5 Å². The van der Waals surface area contributed by atoms with Crippen LogP contribution in [-0.4, -0.2) is 11.7 Å². The minimum Gasteiger partial charge on any atom is -0.396 e. The largest absolute Gasteiger partial charge is 0.396 e. The Kier molecular flexibility index (Phi) is 4.37. The Morgan fingerprint density at radius 3 is 2.47 bits per heavy atom. The number of hydrogen-bond acceptors (Lipinski definition) is 2. The molecule has 0 aliphatic heterocycles. The molecule has 17 heavy (non-hydrogen) atoms. The van der Waals surface area contributed by atoms with Crippen molar-refractivity contribution in [2.24, 2.45) is 0 Å². The van der Waals surface area contributed by atoms with Crippen LogP contribution in [0.1, 0.15) is 21.9 Å². The van der Waals surface area contributed by atoms with E-state index in [0.29, 0.717) is 0 Å². The molecule has 1 atom stereocenters. The summed E-state index contributed by atoms with van der Waals surface area (Å²) in [5.41, 5.74) is 2.46. The summed E-state index contributed by atoms with van der Waals surface area (Å²) in [6, 6.07) is 10.5. The molecule has 1 unspecified atom stereocenters. The van der Waals surface area contributed by atoms with E-state index in [1.54, 1.807) is 11.3 Å². The lowest BCUT2D eigenvalue weighted by Gasteiger charge is -2.14. The molecule has 1 N–H and O–H groups in total. The van der Waals surface area contributed by atoms with Crippen LogP contribution in [0.3, 0.4) is 0 Å². The molecule has 1 aromatic heterocycles. The van der Waals surface area contributed by atoms with Gasteiger partial charge < -0.3 is 5.11 Å². The molecule has 0 bridgehead atoms. The third-order valence-corrected chi connectivity index (χ3v) is 4.84. The van der Waals surface area contributed by atoms with Crippen molar-refractivity contribution in [3.05, 3.63) is 56.2 Å². The maximum atomic E-state index is 9.53. The smallest absolute Gasteiger partial charge is 0.0503 e. The second-order valence-corrected chi connectivity index (χ2v) is 6.04. The first-order chi connectivity index (χ1) is 8.20. The van der Waals surface area contributed by atoms with Gasteiger partial charge in [0.15, 0.2) is 0 Å². The fraction of sp³-hybridized carbons (Fsp3) is 0.286. The predicted molar refractivity (Wildman–Crippen MR) is 76.7 cm³/mol. The first-order valence-electron chi connectivity index (χ1n) is 5.60. The molecule has 0 aliphatic rings. The second-order valence-electron chi connectivity index (χ2n) is 4.19. The monoisotopic (exact) mass is 310 g/mol. The highest BCUT2D eigenvalue weighted by atomic mass is 79.9. The van der Waals surface area contributed by atoms with Crippen molar-refractivity contribution < 1.29 is 5.11 Å². The summed E-state index contributed by atoms with van der Waals surface area (Å²) in [6.07, 6.45) is 0.887. The number of rotatable bonds is 4. The van der Waals surface area contributed by atoms with E-state index in [4.69, 9.17) is 0 Å². The van der Waals surface area contributed by atoms with Gasteiger partial charge in [-0.1, -0.05) is 29.8 Å². The fourth-order valence-electron chi connectivity index (χ4n) is 1.82. The lowest BCUT2D eigenvalue weighted by atomic mass is 9.95. The van der Waals surface area contributed by atoms with Gasteiger partial charge in [0, 0.05) is 15.3 Å². The molecule has 0 saturated carbocycles. The molecular formula is C14H15BrOS. The molecule has 0 amide bonds. The van der Waals surface area contributed by atoms with Crippen LogP contribution < -0.4 is 0 Å². The van der Waals surface area contributed by atoms with E-state index in [2.05, 4.69) is 58.6 Å². The summed E-state index contributed by atoms with van der Waals surface area (Å²) in [6.45, 7) is 2.26. The molecule has 2 aromatic rings. The second kappa shape index (κ2) is 5.80. The standard InChI is InChI=1S/C14H15BrOS/c1-10-2-4-11(5-3-10)12(9-16)8-14-13(15)6-7-17-14/h2-7,12,16H,8-9H2,1H3. The summed E-state index contributed by atoms with van der Waals surface area (Å²) in [7, 11) is 0. The Bertz CT molecular complexity index is 475. The fourth-order valence-corrected chi connectivity index (χ4v) is 3.42. The normalized spacial score (nSPS) is 12.6. The summed E-state index contributed by atoms with van der Waals surface area (Å²) in [5, 5.41) is 11.6. The van der Waals surface area contributed by atoms with Crippen molar-refractivity contribution in [2.75, 3.05) is 6.61 Å². The van der Waals surface area contributed by atoms with Crippen LogP contribution in [0.25, 0.3) is 0 Å². The molecule has 0 aliphatic carbocycles. The molecule has 1 aromatic carbocycles. The van der Waals surface area contributed by atoms with Crippen molar-refractivity contribution in [1.82, 2.24) is 0 Å². The molecule has 90 valence electrons. The van der Waals surface area contributed by atoms with Gasteiger partial charge >= 0.3 is 0 Å². The third kappa shape index (κ3) is 3.18. The van der Waals surface area contributed by atoms with Gasteiger partial charge in [0.2, 0.25) is 0 Å². The highest BCUT2D eigenvalue weighted by Crippen LogP contribution is 2.29. The Morgan fingerprint density at radius 1 is 1.24 bits per heavy atom. The van der Waals surface area contributed by atoms with Crippen LogP contribution in [0, 0.1) is 6.92 Å². The zero-order valence-electron chi connectivity index (χ0n) is 9.69. The Morgan fingerprint density at radius 2 is 1.94 bits per heavy atom. The van der Waals surface area contributed by atoms with Gasteiger partial charge in [0.25, 0.3) is 0 Å². The van der Waals surface area contributed by atoms with Crippen molar-refractivity contribution in [1.29, 1.82) is 0 Å². The zero-order chi connectivity index (χ0) is 12.3. The highest BCUT2D eigenvalue weighted by molar-refractivity contribution is 9.10. The van der Waals surface area contributed by atoms with Crippen molar-refractivity contribution in [2.45, 2.75) is 19.3 Å². The van der Waals surface area contributed by atoms with Crippen molar-refractivity contribution in [3.8, 4) is 0 Å². The third-order valence-electron chi connectivity index (χ3n) is 2.89. The summed E-state index contributed by atoms with van der Waals surface area (Å²) in [5.74, 6) is 0.186. The summed E-state index contributed by atoms with van der Waals surface area (Å²) in [4.78, 5) is 1.30. The number of aliphatic hydroxyl groups excluding tert-OH is 1. The molecule has 0 radical (unpaired) electrons. The Hall–Kier alpha value is -0.640. The van der Waals surface area contributed by atoms with Gasteiger partial charge in [0.05, 0.1) is 6.61 Å². The maximum Gasteiger partial charge on any atom is 0.0503 e. The molecule has 0 spiro atoms. The van der Waals surface area contributed by atoms with Gasteiger partial charge in [-0.25, -0.2) is 0 Å². The van der Waals surface area contributed by atoms with Crippen LogP contribution in [0.2, 0.25) is 0 Å². The van der Waals surface area contributed by atoms with E-state index in [1.165, 1.54) is 16.0 Å². The molecule has 1 nitrogen and oxygen atoms in total. The molecule has 3 heteroatoms. The summed E-state index contributed by atoms with van der Waals surface area (Å²) < 4.78 is 1.15. The minimum atomic E-state index is 0.186. The minimum absolute atomic E-state index is 0.186. The van der Waals surface area contributed by atoms with Gasteiger partial charge in [0.1, 0.15) is 0 Å². The predicted octanol–water partition coefficient (Wildman–Crippen LogP) is 4.14. The van der Waals surface area contributed by atoms with Crippen molar-refractivity contribution >= 4 is 27.3 Å². The number of benzene rings is 1. The van der Waals surface area contributed by atoms with Crippen LogP contribution in [0.4, 0.5) is 0 Å². The SMILES string of the molecule is Cc1ccc(C(CO)Cc2sccc2Br)cc1. The molecular weight excluding hydrogens is 296 g/mol. The van der Waals surface area contributed by atoms with Crippen LogP contribution >= 0.6 is 27.3 Å². The van der Waals surface area contributed by atoms with E-state index >= 15 is 0 Å². The molecule has 2 rings (SSSR count). The van der Waals surface area contributed by atoms with E-state index in [1.807, 2.05) is 0 Å². The van der Waals surface area contributed by atoms with Gasteiger partial charge in [-0.05, 0) is 46.3 Å².